The maximum Gasteiger partial charge on any atom is 0.258 e. The molecule has 0 fully saturated rings. The van der Waals surface area contributed by atoms with Crippen molar-refractivity contribution >= 4 is 33.1 Å². The molecule has 0 aliphatic heterocycles. The van der Waals surface area contributed by atoms with Crippen molar-refractivity contribution in [1.29, 1.82) is 0 Å². The third-order valence-electron chi connectivity index (χ3n) is 3.48. The minimum atomic E-state index is -0.202. The summed E-state index contributed by atoms with van der Waals surface area (Å²) in [7, 11) is 0. The SMILES string of the molecule is O=C(Nc1ccccc1-c1nc2ccccc2s1)c1ccoc1. The van der Waals surface area contributed by atoms with E-state index in [4.69, 9.17) is 4.42 Å². The average Bonchev–Trinajstić information content (AvgIpc) is 3.25. The maximum atomic E-state index is 12.2. The molecule has 0 saturated heterocycles. The Morgan fingerprint density at radius 2 is 1.87 bits per heavy atom. The van der Waals surface area contributed by atoms with Gasteiger partial charge >= 0.3 is 0 Å². The average molecular weight is 320 g/mol. The molecule has 0 bridgehead atoms. The number of nitrogens with one attached hydrogen (secondary N) is 1. The van der Waals surface area contributed by atoms with Crippen LogP contribution < -0.4 is 5.32 Å². The van der Waals surface area contributed by atoms with Crippen LogP contribution in [0.4, 0.5) is 5.69 Å². The highest BCUT2D eigenvalue weighted by Crippen LogP contribution is 2.34. The third-order valence-corrected chi connectivity index (χ3v) is 4.55. The van der Waals surface area contributed by atoms with E-state index < -0.39 is 0 Å². The normalized spacial score (nSPS) is 10.8. The van der Waals surface area contributed by atoms with E-state index in [2.05, 4.69) is 10.3 Å². The van der Waals surface area contributed by atoms with Crippen molar-refractivity contribution in [3.05, 3.63) is 72.7 Å². The van der Waals surface area contributed by atoms with Gasteiger partial charge in [-0.3, -0.25) is 4.79 Å². The number of para-hydroxylation sites is 2. The van der Waals surface area contributed by atoms with Crippen LogP contribution in [0.15, 0.2) is 71.5 Å². The topological polar surface area (TPSA) is 55.1 Å². The zero-order valence-electron chi connectivity index (χ0n) is 12.0. The van der Waals surface area contributed by atoms with E-state index in [1.54, 1.807) is 17.4 Å². The second kappa shape index (κ2) is 5.70. The molecular weight excluding hydrogens is 308 g/mol. The lowest BCUT2D eigenvalue weighted by Crippen LogP contribution is -2.11. The van der Waals surface area contributed by atoms with E-state index in [1.807, 2.05) is 48.5 Å². The molecule has 0 radical (unpaired) electrons. The number of amides is 1. The summed E-state index contributed by atoms with van der Waals surface area (Å²) in [5, 5.41) is 3.81. The van der Waals surface area contributed by atoms with Crippen LogP contribution in [0.25, 0.3) is 20.8 Å². The van der Waals surface area contributed by atoms with Crippen LogP contribution in [-0.4, -0.2) is 10.9 Å². The van der Waals surface area contributed by atoms with Gasteiger partial charge in [-0.05, 0) is 30.3 Å². The summed E-state index contributed by atoms with van der Waals surface area (Å²) in [4.78, 5) is 16.9. The van der Waals surface area contributed by atoms with Crippen molar-refractivity contribution < 1.29 is 9.21 Å². The number of benzene rings is 2. The molecule has 2 aromatic carbocycles. The Morgan fingerprint density at radius 3 is 2.70 bits per heavy atom. The molecule has 1 N–H and O–H groups in total. The Bertz CT molecular complexity index is 941. The van der Waals surface area contributed by atoms with E-state index >= 15 is 0 Å². The molecule has 1 amide bonds. The van der Waals surface area contributed by atoms with Gasteiger partial charge in [-0.15, -0.1) is 11.3 Å². The van der Waals surface area contributed by atoms with E-state index in [0.29, 0.717) is 5.56 Å². The summed E-state index contributed by atoms with van der Waals surface area (Å²) < 4.78 is 6.08. The van der Waals surface area contributed by atoms with Crippen molar-refractivity contribution in [3.8, 4) is 10.6 Å². The number of fused-ring (bicyclic) bond motifs is 1. The predicted molar refractivity (Wildman–Crippen MR) is 91.7 cm³/mol. The van der Waals surface area contributed by atoms with E-state index in [0.717, 1.165) is 26.5 Å². The van der Waals surface area contributed by atoms with Crippen LogP contribution in [0, 0.1) is 0 Å². The lowest BCUT2D eigenvalue weighted by atomic mass is 10.1. The summed E-state index contributed by atoms with van der Waals surface area (Å²) in [6, 6.07) is 17.3. The largest absolute Gasteiger partial charge is 0.472 e. The predicted octanol–water partition coefficient (Wildman–Crippen LogP) is 4.81. The number of nitrogens with zero attached hydrogens (tertiary/aromatic N) is 1. The first-order chi connectivity index (χ1) is 11.3. The first-order valence-electron chi connectivity index (χ1n) is 7.10. The number of carbonyl (C=O) groups is 1. The number of furan rings is 1. The number of anilines is 1. The molecule has 0 aliphatic rings. The minimum absolute atomic E-state index is 0.202. The fraction of sp³-hybridized carbons (Fsp3) is 0. The fourth-order valence-electron chi connectivity index (χ4n) is 2.35. The van der Waals surface area contributed by atoms with Crippen LogP contribution in [0.2, 0.25) is 0 Å². The van der Waals surface area contributed by atoms with Gasteiger partial charge < -0.3 is 9.73 Å². The van der Waals surface area contributed by atoms with Crippen LogP contribution >= 0.6 is 11.3 Å². The van der Waals surface area contributed by atoms with E-state index in [9.17, 15) is 4.79 Å². The Labute approximate surface area is 136 Å². The van der Waals surface area contributed by atoms with Crippen LogP contribution in [-0.2, 0) is 0 Å². The zero-order chi connectivity index (χ0) is 15.6. The number of aromatic nitrogens is 1. The second-order valence-electron chi connectivity index (χ2n) is 5.00. The van der Waals surface area contributed by atoms with Gasteiger partial charge in [0.2, 0.25) is 0 Å². The molecule has 4 aromatic rings. The molecule has 23 heavy (non-hydrogen) atoms. The van der Waals surface area contributed by atoms with Crippen molar-refractivity contribution in [1.82, 2.24) is 4.98 Å². The van der Waals surface area contributed by atoms with Gasteiger partial charge in [0.25, 0.3) is 5.91 Å². The Hall–Kier alpha value is -2.92. The first-order valence-corrected chi connectivity index (χ1v) is 7.91. The van der Waals surface area contributed by atoms with Gasteiger partial charge in [0.1, 0.15) is 11.3 Å². The molecule has 0 spiro atoms. The molecule has 0 atom stereocenters. The molecule has 2 aromatic heterocycles. The molecular formula is C18H12N2O2S. The van der Waals surface area contributed by atoms with Gasteiger partial charge in [0.15, 0.2) is 0 Å². The van der Waals surface area contributed by atoms with Crippen molar-refractivity contribution in [2.24, 2.45) is 0 Å². The highest BCUT2D eigenvalue weighted by Gasteiger charge is 2.13. The van der Waals surface area contributed by atoms with Gasteiger partial charge in [-0.25, -0.2) is 4.98 Å². The summed E-state index contributed by atoms with van der Waals surface area (Å²) in [6.45, 7) is 0. The summed E-state index contributed by atoms with van der Waals surface area (Å²) in [5.74, 6) is -0.202. The molecule has 5 heteroatoms. The lowest BCUT2D eigenvalue weighted by Gasteiger charge is -2.08. The van der Waals surface area contributed by atoms with Crippen LogP contribution in [0.5, 0.6) is 0 Å². The second-order valence-corrected chi connectivity index (χ2v) is 6.03. The van der Waals surface area contributed by atoms with E-state index in [1.165, 1.54) is 12.5 Å². The van der Waals surface area contributed by atoms with Crippen molar-refractivity contribution in [2.45, 2.75) is 0 Å². The smallest absolute Gasteiger partial charge is 0.258 e. The number of hydrogen-bond donors (Lipinski definition) is 1. The fourth-order valence-corrected chi connectivity index (χ4v) is 3.36. The van der Waals surface area contributed by atoms with Crippen LogP contribution in [0.1, 0.15) is 10.4 Å². The minimum Gasteiger partial charge on any atom is -0.472 e. The molecule has 4 nitrogen and oxygen atoms in total. The zero-order valence-corrected chi connectivity index (χ0v) is 12.8. The van der Waals surface area contributed by atoms with E-state index in [-0.39, 0.29) is 5.91 Å². The third kappa shape index (κ3) is 2.62. The Morgan fingerprint density at radius 1 is 1.04 bits per heavy atom. The highest BCUT2D eigenvalue weighted by molar-refractivity contribution is 7.21. The number of thiazole rings is 1. The molecule has 112 valence electrons. The first kappa shape index (κ1) is 13.7. The molecule has 4 rings (SSSR count). The van der Waals surface area contributed by atoms with Crippen molar-refractivity contribution in [3.63, 3.8) is 0 Å². The summed E-state index contributed by atoms with van der Waals surface area (Å²) >= 11 is 1.61. The quantitative estimate of drug-likeness (QED) is 0.589. The number of carbonyl (C=O) groups excluding carboxylic acids is 1. The molecule has 0 unspecified atom stereocenters. The molecule has 0 aliphatic carbocycles. The summed E-state index contributed by atoms with van der Waals surface area (Å²) in [6.07, 6.45) is 2.91. The number of hydrogen-bond acceptors (Lipinski definition) is 4. The molecule has 0 saturated carbocycles. The monoisotopic (exact) mass is 320 g/mol. The van der Waals surface area contributed by atoms with Gasteiger partial charge in [0.05, 0.1) is 27.7 Å². The van der Waals surface area contributed by atoms with Crippen LogP contribution in [0.3, 0.4) is 0 Å². The molecule has 2 heterocycles. The maximum absolute atomic E-state index is 12.2. The van der Waals surface area contributed by atoms with Gasteiger partial charge in [0, 0.05) is 5.56 Å². The van der Waals surface area contributed by atoms with Crippen molar-refractivity contribution in [2.75, 3.05) is 5.32 Å². The Kier molecular flexibility index (Phi) is 3.40. The standard InChI is InChI=1S/C18H12N2O2S/c21-17(12-9-10-22-11-12)19-14-6-2-1-5-13(14)18-20-15-7-3-4-8-16(15)23-18/h1-11H,(H,19,21). The summed E-state index contributed by atoms with van der Waals surface area (Å²) in [5.41, 5.74) is 3.09. The number of rotatable bonds is 3. The lowest BCUT2D eigenvalue weighted by molar-refractivity contribution is 0.102. The highest BCUT2D eigenvalue weighted by atomic mass is 32.1. The van der Waals surface area contributed by atoms with Gasteiger partial charge in [-0.1, -0.05) is 24.3 Å². The Balaban J connectivity index is 1.73. The van der Waals surface area contributed by atoms with Gasteiger partial charge in [-0.2, -0.15) is 0 Å².